The quantitative estimate of drug-likeness (QED) is 0.470. The number of ether oxygens (including phenoxy) is 3. The Balaban J connectivity index is 0.00000324. The molecule has 1 aliphatic heterocycles. The Morgan fingerprint density at radius 1 is 0.941 bits per heavy atom. The SMILES string of the molecule is CCOc1ccc(C(O)(c2ccccc2OC)C(CN2CCOCC2)c2ccccc2)cc1.Cl. The van der Waals surface area contributed by atoms with E-state index in [4.69, 9.17) is 14.2 Å². The number of hydrogen-bond acceptors (Lipinski definition) is 5. The summed E-state index contributed by atoms with van der Waals surface area (Å²) in [6.07, 6.45) is 0. The standard InChI is InChI=1S/C28H33NO4.ClH/c1-3-33-24-15-13-23(14-16-24)28(30,25-11-7-8-12-27(25)31-2)26(22-9-5-4-6-10-22)21-29-17-19-32-20-18-29;/h4-16,26,30H,3,17-21H2,1-2H3;1H. The van der Waals surface area contributed by atoms with Gasteiger partial charge in [-0.25, -0.2) is 0 Å². The van der Waals surface area contributed by atoms with Gasteiger partial charge in [-0.1, -0.05) is 60.7 Å². The van der Waals surface area contributed by atoms with Crippen LogP contribution in [0.5, 0.6) is 11.5 Å². The van der Waals surface area contributed by atoms with Crippen molar-refractivity contribution in [1.29, 1.82) is 0 Å². The summed E-state index contributed by atoms with van der Waals surface area (Å²) < 4.78 is 17.0. The predicted molar refractivity (Wildman–Crippen MR) is 137 cm³/mol. The third-order valence-corrected chi connectivity index (χ3v) is 6.37. The minimum Gasteiger partial charge on any atom is -0.496 e. The highest BCUT2D eigenvalue weighted by Crippen LogP contribution is 2.46. The first-order valence-corrected chi connectivity index (χ1v) is 11.6. The van der Waals surface area contributed by atoms with Gasteiger partial charge in [-0.3, -0.25) is 4.90 Å². The minimum atomic E-state index is -1.32. The van der Waals surface area contributed by atoms with Gasteiger partial charge in [-0.15, -0.1) is 12.4 Å². The van der Waals surface area contributed by atoms with Crippen molar-refractivity contribution < 1.29 is 19.3 Å². The molecule has 2 unspecified atom stereocenters. The summed E-state index contributed by atoms with van der Waals surface area (Å²) in [7, 11) is 1.65. The fourth-order valence-corrected chi connectivity index (χ4v) is 4.68. The lowest BCUT2D eigenvalue weighted by Crippen LogP contribution is -2.45. The second-order valence-corrected chi connectivity index (χ2v) is 8.30. The molecule has 1 aliphatic rings. The molecule has 1 fully saturated rings. The summed E-state index contributed by atoms with van der Waals surface area (Å²) in [6.45, 7) is 6.35. The molecular formula is C28H34ClNO4. The number of benzene rings is 3. The molecule has 0 aliphatic carbocycles. The van der Waals surface area contributed by atoms with E-state index in [9.17, 15) is 5.11 Å². The first-order chi connectivity index (χ1) is 16.2. The van der Waals surface area contributed by atoms with Crippen molar-refractivity contribution in [2.75, 3.05) is 46.6 Å². The topological polar surface area (TPSA) is 51.2 Å². The van der Waals surface area contributed by atoms with Crippen molar-refractivity contribution in [3.05, 3.63) is 95.6 Å². The summed E-state index contributed by atoms with van der Waals surface area (Å²) >= 11 is 0. The van der Waals surface area contributed by atoms with Gasteiger partial charge >= 0.3 is 0 Å². The molecule has 1 N–H and O–H groups in total. The molecular weight excluding hydrogens is 450 g/mol. The zero-order valence-electron chi connectivity index (χ0n) is 19.9. The third-order valence-electron chi connectivity index (χ3n) is 6.37. The van der Waals surface area contributed by atoms with Crippen molar-refractivity contribution in [3.8, 4) is 11.5 Å². The normalized spacial score (nSPS) is 16.7. The molecule has 3 aromatic carbocycles. The van der Waals surface area contributed by atoms with Crippen molar-refractivity contribution >= 4 is 12.4 Å². The van der Waals surface area contributed by atoms with E-state index in [2.05, 4.69) is 17.0 Å². The second kappa shape index (κ2) is 12.2. The highest BCUT2D eigenvalue weighted by atomic mass is 35.5. The van der Waals surface area contributed by atoms with Gasteiger partial charge in [0.1, 0.15) is 17.1 Å². The molecule has 0 amide bonds. The highest BCUT2D eigenvalue weighted by Gasteiger charge is 2.44. The van der Waals surface area contributed by atoms with Crippen LogP contribution < -0.4 is 9.47 Å². The molecule has 0 bridgehead atoms. The van der Waals surface area contributed by atoms with E-state index in [0.717, 1.165) is 35.5 Å². The molecule has 0 spiro atoms. The fourth-order valence-electron chi connectivity index (χ4n) is 4.68. The summed E-state index contributed by atoms with van der Waals surface area (Å²) in [5.41, 5.74) is 1.31. The lowest BCUT2D eigenvalue weighted by molar-refractivity contribution is -0.000152. The number of halogens is 1. The Hall–Kier alpha value is -2.57. The average Bonchev–Trinajstić information content (AvgIpc) is 2.88. The Morgan fingerprint density at radius 2 is 1.59 bits per heavy atom. The van der Waals surface area contributed by atoms with Crippen LogP contribution in [0, 0.1) is 0 Å². The number of nitrogens with zero attached hydrogens (tertiary/aromatic N) is 1. The molecule has 0 radical (unpaired) electrons. The van der Waals surface area contributed by atoms with Gasteiger partial charge in [-0.05, 0) is 36.2 Å². The molecule has 182 valence electrons. The van der Waals surface area contributed by atoms with Gasteiger partial charge in [0.2, 0.25) is 0 Å². The Labute approximate surface area is 208 Å². The number of para-hydroxylation sites is 1. The second-order valence-electron chi connectivity index (χ2n) is 8.30. The fraction of sp³-hybridized carbons (Fsp3) is 0.357. The zero-order chi connectivity index (χ0) is 23.1. The molecule has 5 nitrogen and oxygen atoms in total. The van der Waals surface area contributed by atoms with E-state index < -0.39 is 5.60 Å². The minimum absolute atomic E-state index is 0. The maximum atomic E-state index is 12.8. The molecule has 1 heterocycles. The van der Waals surface area contributed by atoms with Gasteiger partial charge in [0.05, 0.1) is 26.9 Å². The predicted octanol–water partition coefficient (Wildman–Crippen LogP) is 4.87. The van der Waals surface area contributed by atoms with Gasteiger partial charge in [-0.2, -0.15) is 0 Å². The molecule has 34 heavy (non-hydrogen) atoms. The average molecular weight is 484 g/mol. The van der Waals surface area contributed by atoms with Crippen molar-refractivity contribution in [2.45, 2.75) is 18.4 Å². The third kappa shape index (κ3) is 5.56. The summed E-state index contributed by atoms with van der Waals surface area (Å²) in [4.78, 5) is 2.37. The Bertz CT molecular complexity index is 1010. The van der Waals surface area contributed by atoms with Crippen LogP contribution in [0.15, 0.2) is 78.9 Å². The van der Waals surface area contributed by atoms with Crippen LogP contribution >= 0.6 is 12.4 Å². The molecule has 6 heteroatoms. The van der Waals surface area contributed by atoms with E-state index in [-0.39, 0.29) is 18.3 Å². The van der Waals surface area contributed by atoms with Crippen molar-refractivity contribution in [1.82, 2.24) is 4.90 Å². The summed E-state index contributed by atoms with van der Waals surface area (Å²) in [5, 5.41) is 12.8. The summed E-state index contributed by atoms with van der Waals surface area (Å²) in [6, 6.07) is 25.8. The van der Waals surface area contributed by atoms with Gasteiger partial charge in [0, 0.05) is 31.1 Å². The first kappa shape index (κ1) is 26.0. The van der Waals surface area contributed by atoms with Crippen LogP contribution in [0.4, 0.5) is 0 Å². The van der Waals surface area contributed by atoms with Crippen LogP contribution in [0.25, 0.3) is 0 Å². The van der Waals surface area contributed by atoms with Gasteiger partial charge in [0.25, 0.3) is 0 Å². The smallest absolute Gasteiger partial charge is 0.126 e. The van der Waals surface area contributed by atoms with Crippen molar-refractivity contribution in [3.63, 3.8) is 0 Å². The van der Waals surface area contributed by atoms with E-state index in [1.165, 1.54) is 0 Å². The first-order valence-electron chi connectivity index (χ1n) is 11.6. The van der Waals surface area contributed by atoms with Crippen LogP contribution in [-0.4, -0.2) is 56.6 Å². The maximum Gasteiger partial charge on any atom is 0.126 e. The highest BCUT2D eigenvalue weighted by molar-refractivity contribution is 5.85. The van der Waals surface area contributed by atoms with Crippen LogP contribution in [0.1, 0.15) is 29.5 Å². The van der Waals surface area contributed by atoms with E-state index in [0.29, 0.717) is 32.1 Å². The number of morpholine rings is 1. The maximum absolute atomic E-state index is 12.8. The Kier molecular flexibility index (Phi) is 9.36. The largest absolute Gasteiger partial charge is 0.496 e. The van der Waals surface area contributed by atoms with Crippen molar-refractivity contribution in [2.24, 2.45) is 0 Å². The van der Waals surface area contributed by atoms with Crippen LogP contribution in [0.2, 0.25) is 0 Å². The monoisotopic (exact) mass is 483 g/mol. The zero-order valence-corrected chi connectivity index (χ0v) is 20.7. The molecule has 0 saturated carbocycles. The van der Waals surface area contributed by atoms with Crippen LogP contribution in [-0.2, 0) is 10.3 Å². The number of methoxy groups -OCH3 is 1. The number of aliphatic hydroxyl groups is 1. The molecule has 4 rings (SSSR count). The molecule has 2 atom stereocenters. The lowest BCUT2D eigenvalue weighted by Gasteiger charge is -2.41. The molecule has 3 aromatic rings. The van der Waals surface area contributed by atoms with E-state index in [1.807, 2.05) is 73.7 Å². The molecule has 0 aromatic heterocycles. The Morgan fingerprint density at radius 3 is 2.24 bits per heavy atom. The van der Waals surface area contributed by atoms with E-state index >= 15 is 0 Å². The van der Waals surface area contributed by atoms with Gasteiger partial charge in [0.15, 0.2) is 0 Å². The van der Waals surface area contributed by atoms with E-state index in [1.54, 1.807) is 7.11 Å². The number of hydrogen-bond donors (Lipinski definition) is 1. The number of rotatable bonds is 9. The lowest BCUT2D eigenvalue weighted by atomic mass is 9.72. The molecule has 1 saturated heterocycles. The van der Waals surface area contributed by atoms with Crippen LogP contribution in [0.3, 0.4) is 0 Å². The van der Waals surface area contributed by atoms with Gasteiger partial charge < -0.3 is 19.3 Å². The summed E-state index contributed by atoms with van der Waals surface area (Å²) in [5.74, 6) is 1.22.